The summed E-state index contributed by atoms with van der Waals surface area (Å²) in [5, 5.41) is 5.97. The molecule has 0 radical (unpaired) electrons. The second-order valence-electron chi connectivity index (χ2n) is 11.5. The van der Waals surface area contributed by atoms with Crippen LogP contribution in [0.1, 0.15) is 108 Å². The summed E-state index contributed by atoms with van der Waals surface area (Å²) in [5.41, 5.74) is 2.07. The maximum Gasteiger partial charge on any atom is 0.408 e. The van der Waals surface area contributed by atoms with Crippen molar-refractivity contribution >= 4 is 30.5 Å². The van der Waals surface area contributed by atoms with E-state index in [1.54, 1.807) is 25.7 Å². The molecule has 1 aliphatic carbocycles. The molecule has 38 heavy (non-hydrogen) atoms. The van der Waals surface area contributed by atoms with Crippen molar-refractivity contribution in [2.24, 2.45) is 0 Å². The number of rotatable bonds is 12. The van der Waals surface area contributed by atoms with Gasteiger partial charge >= 0.3 is 6.09 Å². The first-order chi connectivity index (χ1) is 18.0. The number of amides is 3. The Morgan fingerprint density at radius 1 is 1.05 bits per heavy atom. The molecule has 2 rings (SSSR count). The smallest absolute Gasteiger partial charge is 0.408 e. The van der Waals surface area contributed by atoms with Crippen LogP contribution in [0.3, 0.4) is 0 Å². The zero-order valence-corrected chi connectivity index (χ0v) is 25.2. The number of hydrogen-bond acceptors (Lipinski definition) is 5. The fraction of sp³-hybridized carbons (Fsp3) is 0.700. The Bertz CT molecular complexity index is 904. The molecule has 1 aliphatic rings. The second kappa shape index (κ2) is 15.4. The van der Waals surface area contributed by atoms with Gasteiger partial charge < -0.3 is 20.3 Å². The average molecular weight is 548 g/mol. The highest BCUT2D eigenvalue weighted by molar-refractivity contribution is 7.80. The molecule has 1 aromatic carbocycles. The molecule has 2 unspecified atom stereocenters. The number of unbranched alkanes of at least 4 members (excludes halogenated alkanes) is 3. The van der Waals surface area contributed by atoms with E-state index in [4.69, 9.17) is 4.74 Å². The van der Waals surface area contributed by atoms with Crippen molar-refractivity contribution in [3.8, 4) is 0 Å². The minimum Gasteiger partial charge on any atom is -0.444 e. The average Bonchev–Trinajstić information content (AvgIpc) is 2.84. The standard InChI is InChI=1S/C30H49N3O4S/c1-7-8-9-13-19-33(28(35)24(20-38)32-29(36)37-30(4,5)6)26(25-21(2)15-14-16-22(25)3)27(34)31-23-17-11-10-12-18-23/h14-16,23-24,26,38H,7-13,17-20H2,1-6H3,(H,31,34)(H,32,36). The number of benzene rings is 1. The largest absolute Gasteiger partial charge is 0.444 e. The molecule has 1 fully saturated rings. The summed E-state index contributed by atoms with van der Waals surface area (Å²) in [6.07, 6.45) is 8.45. The Hall–Kier alpha value is -2.22. The van der Waals surface area contributed by atoms with E-state index >= 15 is 0 Å². The van der Waals surface area contributed by atoms with E-state index in [1.807, 2.05) is 32.0 Å². The van der Waals surface area contributed by atoms with Gasteiger partial charge in [0.25, 0.3) is 0 Å². The van der Waals surface area contributed by atoms with Crippen LogP contribution in [0.5, 0.6) is 0 Å². The monoisotopic (exact) mass is 547 g/mol. The van der Waals surface area contributed by atoms with Crippen LogP contribution in [-0.4, -0.2) is 52.8 Å². The number of thiol groups is 1. The van der Waals surface area contributed by atoms with Crippen LogP contribution in [-0.2, 0) is 14.3 Å². The molecule has 0 aromatic heterocycles. The molecular weight excluding hydrogens is 498 g/mol. The third-order valence-corrected chi connectivity index (χ3v) is 7.40. The SMILES string of the molecule is CCCCCCN(C(=O)C(CS)NC(=O)OC(C)(C)C)C(C(=O)NC1CCCCC1)c1c(C)cccc1C. The van der Waals surface area contributed by atoms with Crippen LogP contribution in [0.2, 0.25) is 0 Å². The summed E-state index contributed by atoms with van der Waals surface area (Å²) in [7, 11) is 0. The number of nitrogens with one attached hydrogen (secondary N) is 2. The number of nitrogens with zero attached hydrogens (tertiary/aromatic N) is 1. The van der Waals surface area contributed by atoms with E-state index in [-0.39, 0.29) is 23.6 Å². The van der Waals surface area contributed by atoms with E-state index in [2.05, 4.69) is 30.2 Å². The molecule has 7 nitrogen and oxygen atoms in total. The van der Waals surface area contributed by atoms with Gasteiger partial charge in [-0.05, 0) is 70.6 Å². The Morgan fingerprint density at radius 2 is 1.68 bits per heavy atom. The summed E-state index contributed by atoms with van der Waals surface area (Å²) < 4.78 is 5.41. The quantitative estimate of drug-likeness (QED) is 0.220. The van der Waals surface area contributed by atoms with Crippen molar-refractivity contribution in [1.29, 1.82) is 0 Å². The van der Waals surface area contributed by atoms with Crippen molar-refractivity contribution in [1.82, 2.24) is 15.5 Å². The number of alkyl carbamates (subject to hydrolysis) is 1. The van der Waals surface area contributed by atoms with Crippen LogP contribution >= 0.6 is 12.6 Å². The molecule has 0 heterocycles. The van der Waals surface area contributed by atoms with E-state index < -0.39 is 23.8 Å². The lowest BCUT2D eigenvalue weighted by molar-refractivity contribution is -0.142. The van der Waals surface area contributed by atoms with Crippen LogP contribution in [0.15, 0.2) is 18.2 Å². The molecule has 0 bridgehead atoms. The minimum atomic E-state index is -0.923. The third kappa shape index (κ3) is 9.83. The predicted octanol–water partition coefficient (Wildman–Crippen LogP) is 6.03. The number of aryl methyl sites for hydroxylation is 2. The lowest BCUT2D eigenvalue weighted by Gasteiger charge is -2.36. The van der Waals surface area contributed by atoms with Gasteiger partial charge in [0.05, 0.1) is 0 Å². The lowest BCUT2D eigenvalue weighted by Crippen LogP contribution is -2.55. The van der Waals surface area contributed by atoms with Gasteiger partial charge in [-0.1, -0.05) is 63.6 Å². The van der Waals surface area contributed by atoms with Gasteiger partial charge in [-0.25, -0.2) is 4.79 Å². The first kappa shape index (κ1) is 32.0. The highest BCUT2D eigenvalue weighted by atomic mass is 32.1. The molecular formula is C30H49N3O4S. The van der Waals surface area contributed by atoms with Gasteiger partial charge in [0, 0.05) is 18.3 Å². The summed E-state index contributed by atoms with van der Waals surface area (Å²) in [6.45, 7) is 11.8. The topological polar surface area (TPSA) is 87.7 Å². The first-order valence-corrected chi connectivity index (χ1v) is 14.9. The van der Waals surface area contributed by atoms with Crippen molar-refractivity contribution in [2.75, 3.05) is 12.3 Å². The minimum absolute atomic E-state index is 0.0905. The summed E-state index contributed by atoms with van der Waals surface area (Å²) in [6, 6.07) is 4.33. The van der Waals surface area contributed by atoms with Crippen molar-refractivity contribution in [2.45, 2.75) is 123 Å². The van der Waals surface area contributed by atoms with Crippen molar-refractivity contribution in [3.05, 3.63) is 34.9 Å². The fourth-order valence-electron chi connectivity index (χ4n) is 5.13. The van der Waals surface area contributed by atoms with Gasteiger partial charge in [0.2, 0.25) is 11.8 Å². The summed E-state index contributed by atoms with van der Waals surface area (Å²) in [5.74, 6) is -0.394. The maximum atomic E-state index is 14.1. The van der Waals surface area contributed by atoms with Crippen molar-refractivity contribution in [3.63, 3.8) is 0 Å². The lowest BCUT2D eigenvalue weighted by atomic mass is 9.91. The van der Waals surface area contributed by atoms with Crippen LogP contribution < -0.4 is 10.6 Å². The van der Waals surface area contributed by atoms with E-state index in [0.717, 1.165) is 68.1 Å². The normalized spacial score (nSPS) is 15.9. The Morgan fingerprint density at radius 3 is 2.24 bits per heavy atom. The molecule has 8 heteroatoms. The second-order valence-corrected chi connectivity index (χ2v) is 11.9. The first-order valence-electron chi connectivity index (χ1n) is 14.3. The van der Waals surface area contributed by atoms with Gasteiger partial charge in [0.15, 0.2) is 0 Å². The summed E-state index contributed by atoms with van der Waals surface area (Å²) in [4.78, 5) is 42.4. The molecule has 2 atom stereocenters. The molecule has 1 aromatic rings. The number of carbonyl (C=O) groups excluding carboxylic acids is 3. The predicted molar refractivity (Wildman–Crippen MR) is 157 cm³/mol. The number of hydrogen-bond donors (Lipinski definition) is 3. The zero-order valence-electron chi connectivity index (χ0n) is 24.3. The number of ether oxygens (including phenoxy) is 1. The highest BCUT2D eigenvalue weighted by Gasteiger charge is 2.37. The van der Waals surface area contributed by atoms with Crippen molar-refractivity contribution < 1.29 is 19.1 Å². The molecule has 214 valence electrons. The van der Waals surface area contributed by atoms with Gasteiger partial charge in [-0.2, -0.15) is 12.6 Å². The van der Waals surface area contributed by atoms with Crippen LogP contribution in [0.4, 0.5) is 4.79 Å². The molecule has 1 saturated carbocycles. The zero-order chi connectivity index (χ0) is 28.3. The van der Waals surface area contributed by atoms with E-state index in [9.17, 15) is 14.4 Å². The molecule has 3 amide bonds. The van der Waals surface area contributed by atoms with Gasteiger partial charge in [0.1, 0.15) is 17.7 Å². The van der Waals surface area contributed by atoms with E-state index in [0.29, 0.717) is 6.54 Å². The molecule has 0 spiro atoms. The summed E-state index contributed by atoms with van der Waals surface area (Å²) >= 11 is 4.40. The van der Waals surface area contributed by atoms with Gasteiger partial charge in [-0.3, -0.25) is 9.59 Å². The van der Waals surface area contributed by atoms with Crippen LogP contribution in [0.25, 0.3) is 0 Å². The van der Waals surface area contributed by atoms with Gasteiger partial charge in [-0.15, -0.1) is 0 Å². The fourth-order valence-corrected chi connectivity index (χ4v) is 5.37. The molecule has 0 aliphatic heterocycles. The third-order valence-electron chi connectivity index (χ3n) is 7.03. The highest BCUT2D eigenvalue weighted by Crippen LogP contribution is 2.30. The Labute approximate surface area is 235 Å². The maximum absolute atomic E-state index is 14.1. The number of carbonyl (C=O) groups is 3. The molecule has 0 saturated heterocycles. The Balaban J connectivity index is 2.46. The molecule has 2 N–H and O–H groups in total. The van der Waals surface area contributed by atoms with E-state index in [1.165, 1.54) is 6.42 Å². The van der Waals surface area contributed by atoms with Crippen LogP contribution in [0, 0.1) is 13.8 Å². The Kier molecular flexibility index (Phi) is 13.0.